The summed E-state index contributed by atoms with van der Waals surface area (Å²) in [4.78, 5) is 24.1. The van der Waals surface area contributed by atoms with Crippen LogP contribution >= 0.6 is 0 Å². The highest BCUT2D eigenvalue weighted by molar-refractivity contribution is 5.93. The molecule has 1 aromatic carbocycles. The third-order valence-corrected chi connectivity index (χ3v) is 2.93. The predicted molar refractivity (Wildman–Crippen MR) is 66.8 cm³/mol. The molecule has 0 unspecified atom stereocenters. The van der Waals surface area contributed by atoms with Gasteiger partial charge in [-0.25, -0.2) is 18.4 Å². The number of carbonyl (C=O) groups is 2. The molecule has 1 aromatic rings. The number of amides is 2. The first-order chi connectivity index (χ1) is 9.49. The minimum Gasteiger partial charge on any atom is -0.478 e. The largest absolute Gasteiger partial charge is 0.478 e. The fourth-order valence-corrected chi connectivity index (χ4v) is 1.87. The zero-order valence-corrected chi connectivity index (χ0v) is 10.4. The molecule has 0 aromatic heterocycles. The number of nitrogens with zero attached hydrogens (tertiary/aromatic N) is 1. The SMILES string of the molecule is O=C(O)c1cc(NC(=O)N2CCNCC2)c(F)cc1F. The number of anilines is 1. The zero-order valence-electron chi connectivity index (χ0n) is 10.4. The maximum absolute atomic E-state index is 13.5. The van der Waals surface area contributed by atoms with Crippen molar-refractivity contribution in [1.29, 1.82) is 0 Å². The number of rotatable bonds is 2. The van der Waals surface area contributed by atoms with Crippen LogP contribution in [0.4, 0.5) is 19.3 Å². The minimum atomic E-state index is -1.53. The Morgan fingerprint density at radius 1 is 1.20 bits per heavy atom. The second-order valence-corrected chi connectivity index (χ2v) is 4.28. The zero-order chi connectivity index (χ0) is 14.7. The van der Waals surface area contributed by atoms with Crippen LogP contribution in [0.15, 0.2) is 12.1 Å². The summed E-state index contributed by atoms with van der Waals surface area (Å²) >= 11 is 0. The number of benzene rings is 1. The van der Waals surface area contributed by atoms with Crippen molar-refractivity contribution in [3.05, 3.63) is 29.3 Å². The summed E-state index contributed by atoms with van der Waals surface area (Å²) in [6.45, 7) is 2.17. The third kappa shape index (κ3) is 3.02. The molecule has 1 heterocycles. The van der Waals surface area contributed by atoms with Gasteiger partial charge in [0.1, 0.15) is 11.6 Å². The molecule has 0 saturated carbocycles. The summed E-state index contributed by atoms with van der Waals surface area (Å²) in [5, 5.41) is 14.1. The summed E-state index contributed by atoms with van der Waals surface area (Å²) < 4.78 is 26.8. The summed E-state index contributed by atoms with van der Waals surface area (Å²) in [5.41, 5.74) is -1.05. The lowest BCUT2D eigenvalue weighted by Crippen LogP contribution is -2.48. The fraction of sp³-hybridized carbons (Fsp3) is 0.333. The van der Waals surface area contributed by atoms with Gasteiger partial charge in [0.05, 0.1) is 11.3 Å². The maximum Gasteiger partial charge on any atom is 0.338 e. The van der Waals surface area contributed by atoms with E-state index in [0.29, 0.717) is 32.2 Å². The van der Waals surface area contributed by atoms with E-state index in [2.05, 4.69) is 10.6 Å². The first-order valence-corrected chi connectivity index (χ1v) is 5.98. The molecule has 8 heteroatoms. The van der Waals surface area contributed by atoms with Gasteiger partial charge in [-0.3, -0.25) is 0 Å². The van der Waals surface area contributed by atoms with Crippen LogP contribution in [0.2, 0.25) is 0 Å². The van der Waals surface area contributed by atoms with Crippen LogP contribution in [0.25, 0.3) is 0 Å². The van der Waals surface area contributed by atoms with E-state index in [4.69, 9.17) is 5.11 Å². The van der Waals surface area contributed by atoms with Crippen LogP contribution in [0.5, 0.6) is 0 Å². The maximum atomic E-state index is 13.5. The molecule has 1 saturated heterocycles. The number of carbonyl (C=O) groups excluding carboxylic acids is 1. The Bertz CT molecular complexity index is 545. The summed E-state index contributed by atoms with van der Waals surface area (Å²) in [7, 11) is 0. The van der Waals surface area contributed by atoms with Gasteiger partial charge in [-0.15, -0.1) is 0 Å². The molecule has 1 aliphatic heterocycles. The number of carboxylic acid groups (broad SMARTS) is 1. The molecule has 0 atom stereocenters. The summed E-state index contributed by atoms with van der Waals surface area (Å²) in [6.07, 6.45) is 0. The fourth-order valence-electron chi connectivity index (χ4n) is 1.87. The highest BCUT2D eigenvalue weighted by Gasteiger charge is 2.20. The van der Waals surface area contributed by atoms with Crippen molar-refractivity contribution in [2.24, 2.45) is 0 Å². The molecule has 2 amide bonds. The van der Waals surface area contributed by atoms with Gasteiger partial charge < -0.3 is 20.6 Å². The predicted octanol–water partition coefficient (Wildman–Crippen LogP) is 1.10. The highest BCUT2D eigenvalue weighted by Crippen LogP contribution is 2.20. The average molecular weight is 285 g/mol. The van der Waals surface area contributed by atoms with E-state index < -0.39 is 29.2 Å². The quantitative estimate of drug-likeness (QED) is 0.760. The number of hydrogen-bond acceptors (Lipinski definition) is 3. The van der Waals surface area contributed by atoms with Crippen LogP contribution in [0, 0.1) is 11.6 Å². The van der Waals surface area contributed by atoms with E-state index in [1.165, 1.54) is 4.90 Å². The van der Waals surface area contributed by atoms with E-state index >= 15 is 0 Å². The van der Waals surface area contributed by atoms with Gasteiger partial charge in [0.25, 0.3) is 0 Å². The second-order valence-electron chi connectivity index (χ2n) is 4.28. The first-order valence-electron chi connectivity index (χ1n) is 5.98. The van der Waals surface area contributed by atoms with Gasteiger partial charge in [-0.1, -0.05) is 0 Å². The van der Waals surface area contributed by atoms with Gasteiger partial charge >= 0.3 is 12.0 Å². The van der Waals surface area contributed by atoms with Crippen molar-refractivity contribution >= 4 is 17.7 Å². The Morgan fingerprint density at radius 2 is 1.85 bits per heavy atom. The van der Waals surface area contributed by atoms with Crippen molar-refractivity contribution in [2.45, 2.75) is 0 Å². The lowest BCUT2D eigenvalue weighted by atomic mass is 10.2. The van der Waals surface area contributed by atoms with Gasteiger partial charge in [-0.2, -0.15) is 0 Å². The number of piperazine rings is 1. The highest BCUT2D eigenvalue weighted by atomic mass is 19.1. The number of urea groups is 1. The summed E-state index contributed by atoms with van der Waals surface area (Å²) in [5.74, 6) is -3.73. The van der Waals surface area contributed by atoms with Crippen molar-refractivity contribution in [2.75, 3.05) is 31.5 Å². The van der Waals surface area contributed by atoms with Gasteiger partial charge in [0.15, 0.2) is 0 Å². The molecule has 0 bridgehead atoms. The Kier molecular flexibility index (Phi) is 4.14. The Morgan fingerprint density at radius 3 is 2.45 bits per heavy atom. The molecule has 20 heavy (non-hydrogen) atoms. The van der Waals surface area contributed by atoms with Gasteiger partial charge in [-0.05, 0) is 6.07 Å². The Labute approximate surface area is 113 Å². The van der Waals surface area contributed by atoms with Crippen molar-refractivity contribution in [3.8, 4) is 0 Å². The van der Waals surface area contributed by atoms with Crippen LogP contribution in [0.3, 0.4) is 0 Å². The van der Waals surface area contributed by atoms with Crippen molar-refractivity contribution < 1.29 is 23.5 Å². The lowest BCUT2D eigenvalue weighted by molar-refractivity contribution is 0.0691. The molecule has 2 rings (SSSR count). The number of halogens is 2. The molecule has 0 aliphatic carbocycles. The molecular formula is C12H13F2N3O3. The number of hydrogen-bond donors (Lipinski definition) is 3. The van der Waals surface area contributed by atoms with E-state index in [-0.39, 0.29) is 5.69 Å². The Balaban J connectivity index is 2.18. The second kappa shape index (κ2) is 5.83. The number of nitrogens with one attached hydrogen (secondary N) is 2. The number of carboxylic acids is 1. The van der Waals surface area contributed by atoms with Gasteiger partial charge in [0.2, 0.25) is 0 Å². The molecule has 1 fully saturated rings. The monoisotopic (exact) mass is 285 g/mol. The topological polar surface area (TPSA) is 81.7 Å². The first kappa shape index (κ1) is 14.2. The smallest absolute Gasteiger partial charge is 0.338 e. The lowest BCUT2D eigenvalue weighted by Gasteiger charge is -2.27. The van der Waals surface area contributed by atoms with E-state index in [0.717, 1.165) is 6.07 Å². The molecule has 0 radical (unpaired) electrons. The van der Waals surface area contributed by atoms with Gasteiger partial charge in [0, 0.05) is 32.2 Å². The summed E-state index contributed by atoms with van der Waals surface area (Å²) in [6, 6.07) is 0.664. The van der Waals surface area contributed by atoms with Crippen molar-refractivity contribution in [1.82, 2.24) is 10.2 Å². The normalized spacial score (nSPS) is 15.0. The average Bonchev–Trinajstić information content (AvgIpc) is 2.42. The molecular weight excluding hydrogens is 272 g/mol. The van der Waals surface area contributed by atoms with Crippen molar-refractivity contribution in [3.63, 3.8) is 0 Å². The van der Waals surface area contributed by atoms with E-state index in [9.17, 15) is 18.4 Å². The van der Waals surface area contributed by atoms with E-state index in [1.54, 1.807) is 0 Å². The third-order valence-electron chi connectivity index (χ3n) is 2.93. The number of aromatic carboxylic acids is 1. The van der Waals surface area contributed by atoms with E-state index in [1.807, 2.05) is 0 Å². The molecule has 6 nitrogen and oxygen atoms in total. The van der Waals surface area contributed by atoms with Crippen LogP contribution in [0.1, 0.15) is 10.4 Å². The Hall–Kier alpha value is -2.22. The molecule has 108 valence electrons. The molecule has 3 N–H and O–H groups in total. The van der Waals surface area contributed by atoms with Crippen LogP contribution < -0.4 is 10.6 Å². The van der Waals surface area contributed by atoms with Crippen LogP contribution in [-0.4, -0.2) is 48.2 Å². The molecule has 0 spiro atoms. The standard InChI is InChI=1S/C12H13F2N3O3/c13-8-6-9(14)10(5-7(8)11(18)19)16-12(20)17-3-1-15-2-4-17/h5-6,15H,1-4H2,(H,16,20)(H,18,19). The molecule has 1 aliphatic rings. The minimum absolute atomic E-state index is 0.354. The van der Waals surface area contributed by atoms with Crippen LogP contribution in [-0.2, 0) is 0 Å².